The zero-order valence-corrected chi connectivity index (χ0v) is 16.5. The highest BCUT2D eigenvalue weighted by molar-refractivity contribution is 5.85. The molecule has 30 heavy (non-hydrogen) atoms. The molecule has 2 aliphatic rings. The summed E-state index contributed by atoms with van der Waals surface area (Å²) in [6.45, 7) is 3.36. The summed E-state index contributed by atoms with van der Waals surface area (Å²) in [5, 5.41) is 17.7. The van der Waals surface area contributed by atoms with Gasteiger partial charge in [-0.3, -0.25) is 20.0 Å². The standard InChI is InChI=1S/C24H22N4O2/c29-28(30)23-12-6-1-7-18(23)17-25-27-15-13-26(14-16-27)24-21-10-4-2-8-19(21)20-9-3-5-11-22(20)24/h1-12,17,24H,13-16H2/b25-17+. The zero-order valence-electron chi connectivity index (χ0n) is 16.5. The molecule has 5 rings (SSSR count). The van der Waals surface area contributed by atoms with Crippen LogP contribution in [0, 0.1) is 10.1 Å². The summed E-state index contributed by atoms with van der Waals surface area (Å²) in [7, 11) is 0. The molecule has 0 amide bonds. The molecule has 1 aliphatic carbocycles. The van der Waals surface area contributed by atoms with Crippen LogP contribution in [0.1, 0.15) is 22.7 Å². The minimum absolute atomic E-state index is 0.0825. The quantitative estimate of drug-likeness (QED) is 0.373. The third-order valence-corrected chi connectivity index (χ3v) is 5.95. The van der Waals surface area contributed by atoms with Crippen molar-refractivity contribution < 1.29 is 4.92 Å². The van der Waals surface area contributed by atoms with Gasteiger partial charge < -0.3 is 0 Å². The summed E-state index contributed by atoms with van der Waals surface area (Å²) >= 11 is 0. The normalized spacial score (nSPS) is 16.6. The molecule has 150 valence electrons. The van der Waals surface area contributed by atoms with Crippen LogP contribution in [0.15, 0.2) is 77.9 Å². The Balaban J connectivity index is 1.32. The van der Waals surface area contributed by atoms with Crippen molar-refractivity contribution in [1.82, 2.24) is 9.91 Å². The number of nitrogens with zero attached hydrogens (tertiary/aromatic N) is 4. The fourth-order valence-corrected chi connectivity index (χ4v) is 4.51. The highest BCUT2D eigenvalue weighted by atomic mass is 16.6. The number of hydrogen-bond acceptors (Lipinski definition) is 5. The highest BCUT2D eigenvalue weighted by Crippen LogP contribution is 2.46. The molecule has 3 aromatic rings. The Morgan fingerprint density at radius 2 is 1.40 bits per heavy atom. The Kier molecular flexibility index (Phi) is 4.77. The summed E-state index contributed by atoms with van der Waals surface area (Å²) in [4.78, 5) is 13.3. The number of hydrogen-bond donors (Lipinski definition) is 0. The van der Waals surface area contributed by atoms with E-state index in [9.17, 15) is 10.1 Å². The Labute approximate surface area is 175 Å². The Hall–Kier alpha value is -3.51. The number of nitro benzene ring substituents is 1. The fourth-order valence-electron chi connectivity index (χ4n) is 4.51. The molecule has 6 heteroatoms. The van der Waals surface area contributed by atoms with E-state index in [1.165, 1.54) is 28.3 Å². The molecule has 0 saturated carbocycles. The van der Waals surface area contributed by atoms with Gasteiger partial charge in [-0.2, -0.15) is 5.10 Å². The topological polar surface area (TPSA) is 62.0 Å². The summed E-state index contributed by atoms with van der Waals surface area (Å²) in [5.41, 5.74) is 6.01. The second-order valence-corrected chi connectivity index (χ2v) is 7.63. The van der Waals surface area contributed by atoms with Gasteiger partial charge >= 0.3 is 0 Å². The molecular formula is C24H22N4O2. The molecule has 3 aromatic carbocycles. The maximum absolute atomic E-state index is 11.2. The fraction of sp³-hybridized carbons (Fsp3) is 0.208. The smallest absolute Gasteiger partial charge is 0.278 e. The predicted molar refractivity (Wildman–Crippen MR) is 118 cm³/mol. The number of benzene rings is 3. The maximum Gasteiger partial charge on any atom is 0.278 e. The van der Waals surface area contributed by atoms with E-state index in [1.54, 1.807) is 24.4 Å². The van der Waals surface area contributed by atoms with Gasteiger partial charge in [-0.25, -0.2) is 0 Å². The molecule has 0 unspecified atom stereocenters. The summed E-state index contributed by atoms with van der Waals surface area (Å²) in [5.74, 6) is 0. The summed E-state index contributed by atoms with van der Waals surface area (Å²) in [6.07, 6.45) is 1.61. The molecule has 0 spiro atoms. The van der Waals surface area contributed by atoms with Crippen molar-refractivity contribution in [2.75, 3.05) is 26.2 Å². The Morgan fingerprint density at radius 3 is 2.03 bits per heavy atom. The van der Waals surface area contributed by atoms with Gasteiger partial charge in [-0.15, -0.1) is 0 Å². The number of hydrazone groups is 1. The van der Waals surface area contributed by atoms with Crippen molar-refractivity contribution in [3.05, 3.63) is 99.6 Å². The van der Waals surface area contributed by atoms with Crippen LogP contribution in [0.2, 0.25) is 0 Å². The molecule has 1 heterocycles. The van der Waals surface area contributed by atoms with E-state index in [1.807, 2.05) is 5.01 Å². The van der Waals surface area contributed by atoms with E-state index in [2.05, 4.69) is 58.5 Å². The number of nitro groups is 1. The third-order valence-electron chi connectivity index (χ3n) is 5.95. The van der Waals surface area contributed by atoms with E-state index in [0.717, 1.165) is 26.2 Å². The van der Waals surface area contributed by atoms with Gasteiger partial charge in [-0.05, 0) is 28.3 Å². The van der Waals surface area contributed by atoms with Crippen molar-refractivity contribution >= 4 is 11.9 Å². The SMILES string of the molecule is O=[N+]([O-])c1ccccc1/C=N/N1CCN(C2c3ccccc3-c3ccccc32)CC1. The lowest BCUT2D eigenvalue weighted by atomic mass is 10.0. The Morgan fingerprint density at radius 1 is 0.833 bits per heavy atom. The van der Waals surface area contributed by atoms with E-state index in [4.69, 9.17) is 0 Å². The van der Waals surface area contributed by atoms with Crippen molar-refractivity contribution in [3.8, 4) is 11.1 Å². The largest absolute Gasteiger partial charge is 0.294 e. The first-order valence-corrected chi connectivity index (χ1v) is 10.2. The lowest BCUT2D eigenvalue weighted by molar-refractivity contribution is -0.385. The monoisotopic (exact) mass is 398 g/mol. The van der Waals surface area contributed by atoms with Crippen molar-refractivity contribution in [2.45, 2.75) is 6.04 Å². The summed E-state index contributed by atoms with van der Waals surface area (Å²) in [6, 6.07) is 24.3. The lowest BCUT2D eigenvalue weighted by Crippen LogP contribution is -2.45. The Bertz CT molecular complexity index is 1070. The van der Waals surface area contributed by atoms with Gasteiger partial charge in [0.15, 0.2) is 0 Å². The second kappa shape index (κ2) is 7.72. The van der Waals surface area contributed by atoms with Crippen LogP contribution >= 0.6 is 0 Å². The molecule has 0 bridgehead atoms. The number of rotatable bonds is 4. The molecule has 1 aliphatic heterocycles. The summed E-state index contributed by atoms with van der Waals surface area (Å²) < 4.78 is 0. The van der Waals surface area contributed by atoms with Crippen molar-refractivity contribution in [2.24, 2.45) is 5.10 Å². The van der Waals surface area contributed by atoms with Crippen molar-refractivity contribution in [1.29, 1.82) is 0 Å². The van der Waals surface area contributed by atoms with Crippen LogP contribution < -0.4 is 0 Å². The predicted octanol–water partition coefficient (Wildman–Crippen LogP) is 4.32. The first-order valence-electron chi connectivity index (χ1n) is 10.2. The average Bonchev–Trinajstić information content (AvgIpc) is 3.13. The van der Waals surface area contributed by atoms with Gasteiger partial charge in [0.1, 0.15) is 0 Å². The van der Waals surface area contributed by atoms with Crippen LogP contribution in [-0.4, -0.2) is 47.2 Å². The number of fused-ring (bicyclic) bond motifs is 3. The van der Waals surface area contributed by atoms with Crippen molar-refractivity contribution in [3.63, 3.8) is 0 Å². The molecular weight excluding hydrogens is 376 g/mol. The molecule has 6 nitrogen and oxygen atoms in total. The van der Waals surface area contributed by atoms with E-state index in [0.29, 0.717) is 5.56 Å². The highest BCUT2D eigenvalue weighted by Gasteiger charge is 2.33. The first kappa shape index (κ1) is 18.5. The van der Waals surface area contributed by atoms with Crippen LogP contribution in [0.4, 0.5) is 5.69 Å². The molecule has 1 saturated heterocycles. The van der Waals surface area contributed by atoms with Crippen LogP contribution in [-0.2, 0) is 0 Å². The molecule has 0 radical (unpaired) electrons. The molecule has 0 aromatic heterocycles. The van der Waals surface area contributed by atoms with Crippen LogP contribution in [0.25, 0.3) is 11.1 Å². The minimum Gasteiger partial charge on any atom is -0.294 e. The first-order chi connectivity index (χ1) is 14.7. The average molecular weight is 398 g/mol. The minimum atomic E-state index is -0.367. The molecule has 0 atom stereocenters. The van der Waals surface area contributed by atoms with Gasteiger partial charge in [0.2, 0.25) is 0 Å². The third kappa shape index (κ3) is 3.25. The van der Waals surface area contributed by atoms with Gasteiger partial charge in [0.25, 0.3) is 5.69 Å². The van der Waals surface area contributed by atoms with E-state index in [-0.39, 0.29) is 16.7 Å². The van der Waals surface area contributed by atoms with Crippen LogP contribution in [0.5, 0.6) is 0 Å². The maximum atomic E-state index is 11.2. The van der Waals surface area contributed by atoms with E-state index < -0.39 is 0 Å². The number of para-hydroxylation sites is 1. The molecule has 0 N–H and O–H groups in total. The van der Waals surface area contributed by atoms with Crippen LogP contribution in [0.3, 0.4) is 0 Å². The lowest BCUT2D eigenvalue weighted by Gasteiger charge is -2.37. The van der Waals surface area contributed by atoms with Gasteiger partial charge in [-0.1, -0.05) is 60.7 Å². The zero-order chi connectivity index (χ0) is 20.5. The van der Waals surface area contributed by atoms with Gasteiger partial charge in [0.05, 0.1) is 22.7 Å². The molecule has 1 fully saturated rings. The van der Waals surface area contributed by atoms with Gasteiger partial charge in [0, 0.05) is 32.2 Å². The van der Waals surface area contributed by atoms with E-state index >= 15 is 0 Å². The second-order valence-electron chi connectivity index (χ2n) is 7.63. The number of piperazine rings is 1.